The van der Waals surface area contributed by atoms with Gasteiger partial charge >= 0.3 is 0 Å². The van der Waals surface area contributed by atoms with Crippen LogP contribution in [-0.2, 0) is 6.54 Å². The largest absolute Gasteiger partial charge is 0.497 e. The van der Waals surface area contributed by atoms with E-state index in [0.29, 0.717) is 13.1 Å². The maximum atomic E-state index is 10.2. The number of aryl methyl sites for hydroxylation is 1. The van der Waals surface area contributed by atoms with Crippen molar-refractivity contribution in [3.63, 3.8) is 0 Å². The highest BCUT2D eigenvalue weighted by Gasteiger charge is 2.08. The number of aliphatic hydroxyl groups is 1. The van der Waals surface area contributed by atoms with Crippen molar-refractivity contribution in [2.75, 3.05) is 13.7 Å². The first-order chi connectivity index (χ1) is 11.2. The van der Waals surface area contributed by atoms with E-state index in [1.165, 1.54) is 5.56 Å². The van der Waals surface area contributed by atoms with Crippen LogP contribution >= 0.6 is 0 Å². The van der Waals surface area contributed by atoms with Crippen LogP contribution in [0.25, 0.3) is 11.0 Å². The maximum absolute atomic E-state index is 10.2. The molecule has 4 nitrogen and oxygen atoms in total. The zero-order valence-corrected chi connectivity index (χ0v) is 13.4. The molecule has 120 valence electrons. The molecule has 4 heteroatoms. The molecule has 0 aliphatic heterocycles. The van der Waals surface area contributed by atoms with E-state index in [-0.39, 0.29) is 0 Å². The normalized spacial score (nSPS) is 12.5. The Labute approximate surface area is 135 Å². The summed E-state index contributed by atoms with van der Waals surface area (Å²) in [5, 5.41) is 14.4. The lowest BCUT2D eigenvalue weighted by Gasteiger charge is -2.11. The maximum Gasteiger partial charge on any atom is 0.134 e. The third-order valence-corrected chi connectivity index (χ3v) is 3.87. The summed E-state index contributed by atoms with van der Waals surface area (Å²) in [4.78, 5) is 0. The van der Waals surface area contributed by atoms with Gasteiger partial charge in [0.25, 0.3) is 0 Å². The van der Waals surface area contributed by atoms with Gasteiger partial charge in [0.05, 0.1) is 19.8 Å². The van der Waals surface area contributed by atoms with Gasteiger partial charge in [0.15, 0.2) is 0 Å². The van der Waals surface area contributed by atoms with Crippen molar-refractivity contribution >= 4 is 11.0 Å². The Bertz CT molecular complexity index is 777. The van der Waals surface area contributed by atoms with Crippen molar-refractivity contribution < 1.29 is 14.3 Å². The van der Waals surface area contributed by atoms with Gasteiger partial charge in [-0.05, 0) is 36.8 Å². The molecule has 0 fully saturated rings. The summed E-state index contributed by atoms with van der Waals surface area (Å²) in [7, 11) is 1.65. The van der Waals surface area contributed by atoms with E-state index in [2.05, 4.69) is 5.32 Å². The molecule has 0 aliphatic carbocycles. The number of methoxy groups -OCH3 is 1. The van der Waals surface area contributed by atoms with Crippen molar-refractivity contribution in [2.45, 2.75) is 19.6 Å². The predicted octanol–water partition coefficient (Wildman–Crippen LogP) is 3.57. The minimum Gasteiger partial charge on any atom is -0.497 e. The third-order valence-electron chi connectivity index (χ3n) is 3.87. The van der Waals surface area contributed by atoms with Gasteiger partial charge in [0, 0.05) is 11.9 Å². The lowest BCUT2D eigenvalue weighted by Crippen LogP contribution is -2.20. The molecule has 0 bridgehead atoms. The monoisotopic (exact) mass is 311 g/mol. The number of hydrogen-bond donors (Lipinski definition) is 2. The average Bonchev–Trinajstić information content (AvgIpc) is 2.97. The molecule has 0 saturated carbocycles. The number of rotatable bonds is 6. The molecule has 3 aromatic rings. The smallest absolute Gasteiger partial charge is 0.134 e. The van der Waals surface area contributed by atoms with Gasteiger partial charge in [-0.25, -0.2) is 0 Å². The topological polar surface area (TPSA) is 54.6 Å². The number of aliphatic hydroxyl groups excluding tert-OH is 1. The highest BCUT2D eigenvalue weighted by molar-refractivity contribution is 5.79. The first kappa shape index (κ1) is 15.6. The van der Waals surface area contributed by atoms with Crippen molar-refractivity contribution in [1.29, 1.82) is 0 Å². The van der Waals surface area contributed by atoms with E-state index in [1.54, 1.807) is 7.11 Å². The lowest BCUT2D eigenvalue weighted by atomic mass is 10.1. The number of benzene rings is 2. The standard InChI is InChI=1S/C19H21NO3/c1-13-3-5-14(6-4-13)18(21)12-20-11-17-10-15-9-16(22-2)7-8-19(15)23-17/h3-10,18,20-21H,11-12H2,1-2H3. The summed E-state index contributed by atoms with van der Waals surface area (Å²) >= 11 is 0. The van der Waals surface area contributed by atoms with Crippen LogP contribution in [0.2, 0.25) is 0 Å². The molecule has 1 heterocycles. The van der Waals surface area contributed by atoms with Crippen LogP contribution in [-0.4, -0.2) is 18.8 Å². The molecule has 0 radical (unpaired) electrons. The fourth-order valence-corrected chi connectivity index (χ4v) is 2.53. The predicted molar refractivity (Wildman–Crippen MR) is 90.6 cm³/mol. The van der Waals surface area contributed by atoms with Gasteiger partial charge in [0.2, 0.25) is 0 Å². The molecule has 1 aromatic heterocycles. The van der Waals surface area contributed by atoms with E-state index in [9.17, 15) is 5.11 Å². The molecular formula is C19H21NO3. The summed E-state index contributed by atoms with van der Waals surface area (Å²) in [6, 6.07) is 15.6. The van der Waals surface area contributed by atoms with E-state index >= 15 is 0 Å². The molecular weight excluding hydrogens is 290 g/mol. The quantitative estimate of drug-likeness (QED) is 0.730. The number of furan rings is 1. The van der Waals surface area contributed by atoms with Crippen molar-refractivity contribution in [3.05, 3.63) is 65.4 Å². The summed E-state index contributed by atoms with van der Waals surface area (Å²) in [5.74, 6) is 1.65. The second-order valence-electron chi connectivity index (χ2n) is 5.67. The zero-order chi connectivity index (χ0) is 16.2. The fourth-order valence-electron chi connectivity index (χ4n) is 2.53. The van der Waals surface area contributed by atoms with Crippen LogP contribution in [0.15, 0.2) is 52.9 Å². The SMILES string of the molecule is COc1ccc2oc(CNCC(O)c3ccc(C)cc3)cc2c1. The number of hydrogen-bond acceptors (Lipinski definition) is 4. The molecule has 0 amide bonds. The number of nitrogens with one attached hydrogen (secondary N) is 1. The zero-order valence-electron chi connectivity index (χ0n) is 13.4. The first-order valence-corrected chi connectivity index (χ1v) is 7.67. The first-order valence-electron chi connectivity index (χ1n) is 7.67. The van der Waals surface area contributed by atoms with E-state index in [4.69, 9.17) is 9.15 Å². The summed E-state index contributed by atoms with van der Waals surface area (Å²) in [5.41, 5.74) is 2.94. The van der Waals surface area contributed by atoms with Gasteiger partial charge in [-0.1, -0.05) is 29.8 Å². The van der Waals surface area contributed by atoms with Crippen LogP contribution in [0.1, 0.15) is 23.0 Å². The van der Waals surface area contributed by atoms with Crippen LogP contribution in [0.5, 0.6) is 5.75 Å². The van der Waals surface area contributed by atoms with E-state index in [0.717, 1.165) is 28.0 Å². The molecule has 3 rings (SSSR count). The summed E-state index contributed by atoms with van der Waals surface area (Å²) in [6.07, 6.45) is -0.528. The summed E-state index contributed by atoms with van der Waals surface area (Å²) in [6.45, 7) is 3.08. The Kier molecular flexibility index (Phi) is 4.65. The third kappa shape index (κ3) is 3.73. The molecule has 1 atom stereocenters. The van der Waals surface area contributed by atoms with Crippen LogP contribution in [0.4, 0.5) is 0 Å². The Morgan fingerprint density at radius 2 is 1.91 bits per heavy atom. The highest BCUT2D eigenvalue weighted by atomic mass is 16.5. The molecule has 0 spiro atoms. The molecule has 2 N–H and O–H groups in total. The van der Waals surface area contributed by atoms with Gasteiger partial charge in [-0.15, -0.1) is 0 Å². The van der Waals surface area contributed by atoms with Gasteiger partial charge in [-0.2, -0.15) is 0 Å². The second-order valence-corrected chi connectivity index (χ2v) is 5.67. The average molecular weight is 311 g/mol. The van der Waals surface area contributed by atoms with Crippen molar-refractivity contribution in [1.82, 2.24) is 5.32 Å². The van der Waals surface area contributed by atoms with Crippen LogP contribution in [0, 0.1) is 6.92 Å². The van der Waals surface area contributed by atoms with Crippen molar-refractivity contribution in [3.8, 4) is 5.75 Å². The molecule has 0 saturated heterocycles. The minimum atomic E-state index is -0.528. The highest BCUT2D eigenvalue weighted by Crippen LogP contribution is 2.24. The fraction of sp³-hybridized carbons (Fsp3) is 0.263. The van der Waals surface area contributed by atoms with Crippen LogP contribution in [0.3, 0.4) is 0 Å². The Morgan fingerprint density at radius 3 is 2.65 bits per heavy atom. The molecule has 1 unspecified atom stereocenters. The molecule has 23 heavy (non-hydrogen) atoms. The van der Waals surface area contributed by atoms with Crippen molar-refractivity contribution in [2.24, 2.45) is 0 Å². The van der Waals surface area contributed by atoms with Gasteiger partial charge in [-0.3, -0.25) is 0 Å². The Balaban J connectivity index is 1.58. The van der Waals surface area contributed by atoms with E-state index in [1.807, 2.05) is 55.5 Å². The van der Waals surface area contributed by atoms with Gasteiger partial charge in [0.1, 0.15) is 17.1 Å². The molecule has 2 aromatic carbocycles. The Morgan fingerprint density at radius 1 is 1.13 bits per heavy atom. The lowest BCUT2D eigenvalue weighted by molar-refractivity contribution is 0.173. The second kappa shape index (κ2) is 6.86. The van der Waals surface area contributed by atoms with E-state index < -0.39 is 6.10 Å². The number of fused-ring (bicyclic) bond motifs is 1. The number of ether oxygens (including phenoxy) is 1. The molecule has 0 aliphatic rings. The minimum absolute atomic E-state index is 0.476. The van der Waals surface area contributed by atoms with Gasteiger partial charge < -0.3 is 19.6 Å². The van der Waals surface area contributed by atoms with Crippen LogP contribution < -0.4 is 10.1 Å². The Hall–Kier alpha value is -2.30. The summed E-state index contributed by atoms with van der Waals surface area (Å²) < 4.78 is 11.0.